The van der Waals surface area contributed by atoms with Crippen molar-refractivity contribution in [3.63, 3.8) is 0 Å². The van der Waals surface area contributed by atoms with E-state index in [9.17, 15) is 18.0 Å². The summed E-state index contributed by atoms with van der Waals surface area (Å²) in [7, 11) is -3.37. The number of aromatic nitrogens is 2. The molecule has 9 nitrogen and oxygen atoms in total. The summed E-state index contributed by atoms with van der Waals surface area (Å²) in [5.74, 6) is -0.989. The molecule has 0 bridgehead atoms. The highest BCUT2D eigenvalue weighted by Gasteiger charge is 2.28. The van der Waals surface area contributed by atoms with Gasteiger partial charge in [0.25, 0.3) is 11.8 Å². The normalized spacial score (nSPS) is 12.5. The molecular weight excluding hydrogens is 478 g/mol. The molecule has 2 amide bonds. The molecule has 0 saturated heterocycles. The van der Waals surface area contributed by atoms with Crippen molar-refractivity contribution in [1.29, 1.82) is 0 Å². The van der Waals surface area contributed by atoms with Crippen LogP contribution in [-0.4, -0.2) is 36.3 Å². The van der Waals surface area contributed by atoms with Gasteiger partial charge in [0.15, 0.2) is 15.5 Å². The summed E-state index contributed by atoms with van der Waals surface area (Å²) in [6.07, 6.45) is 2.37. The van der Waals surface area contributed by atoms with Crippen LogP contribution in [0.3, 0.4) is 0 Å². The molecule has 0 fully saturated rings. The Bertz CT molecular complexity index is 1640. The number of primary amides is 1. The Morgan fingerprint density at radius 3 is 2.39 bits per heavy atom. The van der Waals surface area contributed by atoms with E-state index < -0.39 is 15.7 Å². The van der Waals surface area contributed by atoms with E-state index in [2.05, 4.69) is 10.4 Å². The number of nitrogens with zero attached hydrogens (tertiary/aromatic N) is 2. The van der Waals surface area contributed by atoms with Crippen molar-refractivity contribution in [2.45, 2.75) is 17.7 Å². The van der Waals surface area contributed by atoms with Gasteiger partial charge in [-0.1, -0.05) is 18.2 Å². The molecule has 36 heavy (non-hydrogen) atoms. The van der Waals surface area contributed by atoms with Gasteiger partial charge in [-0.2, -0.15) is 5.10 Å². The molecule has 1 aliphatic rings. The number of amides is 2. The third-order valence-electron chi connectivity index (χ3n) is 6.20. The fourth-order valence-electron chi connectivity index (χ4n) is 4.44. The van der Waals surface area contributed by atoms with E-state index in [-0.39, 0.29) is 16.5 Å². The summed E-state index contributed by atoms with van der Waals surface area (Å²) in [6.45, 7) is 0. The van der Waals surface area contributed by atoms with E-state index in [1.165, 1.54) is 12.1 Å². The average Bonchev–Trinajstić information content (AvgIpc) is 3.24. The van der Waals surface area contributed by atoms with Crippen molar-refractivity contribution in [3.8, 4) is 16.9 Å². The van der Waals surface area contributed by atoms with Gasteiger partial charge in [0.05, 0.1) is 21.8 Å². The smallest absolute Gasteiger partial charge is 0.269 e. The minimum atomic E-state index is -3.37. The van der Waals surface area contributed by atoms with Crippen molar-refractivity contribution >= 4 is 33.0 Å². The van der Waals surface area contributed by atoms with Crippen molar-refractivity contribution in [1.82, 2.24) is 9.78 Å². The minimum absolute atomic E-state index is 0.161. The highest BCUT2D eigenvalue weighted by Crippen LogP contribution is 2.38. The van der Waals surface area contributed by atoms with Crippen molar-refractivity contribution in [2.75, 3.05) is 17.3 Å². The van der Waals surface area contributed by atoms with Crippen LogP contribution in [0, 0.1) is 0 Å². The maximum atomic E-state index is 12.8. The van der Waals surface area contributed by atoms with Gasteiger partial charge in [-0.05, 0) is 66.9 Å². The molecule has 0 atom stereocenters. The lowest BCUT2D eigenvalue weighted by Gasteiger charge is -2.20. The number of aryl methyl sites for hydroxylation is 1. The fourth-order valence-corrected chi connectivity index (χ4v) is 5.07. The number of hydrogen-bond donors (Lipinski definition) is 3. The van der Waals surface area contributed by atoms with E-state index in [1.54, 1.807) is 41.1 Å². The maximum absolute atomic E-state index is 12.8. The van der Waals surface area contributed by atoms with Crippen LogP contribution in [0.4, 0.5) is 11.4 Å². The van der Waals surface area contributed by atoms with Gasteiger partial charge in [-0.3, -0.25) is 9.59 Å². The molecule has 5 N–H and O–H groups in total. The molecule has 0 spiro atoms. The fraction of sp³-hybridized carbons (Fsp3) is 0.115. The van der Waals surface area contributed by atoms with Gasteiger partial charge in [-0.15, -0.1) is 0 Å². The largest absolute Gasteiger partial charge is 0.398 e. The molecule has 0 radical (unpaired) electrons. The molecule has 0 saturated carbocycles. The third-order valence-corrected chi connectivity index (χ3v) is 7.33. The Kier molecular flexibility index (Phi) is 5.60. The zero-order valence-electron chi connectivity index (χ0n) is 19.4. The average molecular weight is 502 g/mol. The molecule has 0 unspecified atom stereocenters. The number of nitrogens with two attached hydrogens (primary N) is 2. The quantitative estimate of drug-likeness (QED) is 0.358. The molecule has 182 valence electrons. The number of anilines is 2. The Balaban J connectivity index is 1.61. The van der Waals surface area contributed by atoms with Crippen LogP contribution in [0.5, 0.6) is 0 Å². The van der Waals surface area contributed by atoms with Crippen LogP contribution in [-0.2, 0) is 22.7 Å². The summed E-state index contributed by atoms with van der Waals surface area (Å²) in [5.41, 5.74) is 16.8. The highest BCUT2D eigenvalue weighted by atomic mass is 32.2. The summed E-state index contributed by atoms with van der Waals surface area (Å²) < 4.78 is 25.4. The lowest BCUT2D eigenvalue weighted by molar-refractivity contribution is 0.0992. The number of hydrogen-bond acceptors (Lipinski definition) is 6. The van der Waals surface area contributed by atoms with Gasteiger partial charge in [-0.25, -0.2) is 13.1 Å². The number of carbonyl (C=O) groups excluding carboxylic acids is 2. The van der Waals surface area contributed by atoms with Crippen LogP contribution < -0.4 is 16.8 Å². The van der Waals surface area contributed by atoms with Crippen molar-refractivity contribution in [3.05, 3.63) is 89.1 Å². The first-order valence-electron chi connectivity index (χ1n) is 11.1. The lowest BCUT2D eigenvalue weighted by atomic mass is 9.88. The topological polar surface area (TPSA) is 150 Å². The summed E-state index contributed by atoms with van der Waals surface area (Å²) in [4.78, 5) is 25.2. The Hall–Kier alpha value is -4.44. The number of para-hydroxylation sites is 1. The molecule has 1 aromatic heterocycles. The van der Waals surface area contributed by atoms with Gasteiger partial charge >= 0.3 is 0 Å². The maximum Gasteiger partial charge on any atom is 0.269 e. The molecule has 5 rings (SSSR count). The van der Waals surface area contributed by atoms with Crippen LogP contribution in [0.1, 0.15) is 32.0 Å². The molecular formula is C26H23N5O4S. The molecule has 3 aromatic carbocycles. The number of rotatable bonds is 5. The standard InChI is InChI=1S/C26H23N5O4S/c1-36(34,35)18-11-9-17(10-12-18)31-24-20(23(30-31)25(28)32)13-7-15-6-8-16(14-21(15)24)29-26(33)19-4-2-3-5-22(19)27/h2-6,8-12,14H,7,13,27H2,1H3,(H2,28,32)(H,29,33). The van der Waals surface area contributed by atoms with E-state index in [1.807, 2.05) is 18.2 Å². The molecule has 4 aromatic rings. The van der Waals surface area contributed by atoms with Gasteiger partial charge in [0.1, 0.15) is 0 Å². The van der Waals surface area contributed by atoms with Gasteiger partial charge < -0.3 is 16.8 Å². The van der Waals surface area contributed by atoms with Crippen molar-refractivity contribution < 1.29 is 18.0 Å². The second-order valence-electron chi connectivity index (χ2n) is 8.63. The number of nitrogens with one attached hydrogen (secondary N) is 1. The van der Waals surface area contributed by atoms with Crippen molar-refractivity contribution in [2.24, 2.45) is 5.73 Å². The Morgan fingerprint density at radius 2 is 1.72 bits per heavy atom. The predicted molar refractivity (Wildman–Crippen MR) is 137 cm³/mol. The van der Waals surface area contributed by atoms with Crippen LogP contribution >= 0.6 is 0 Å². The zero-order chi connectivity index (χ0) is 25.6. The Morgan fingerprint density at radius 1 is 1.00 bits per heavy atom. The summed E-state index contributed by atoms with van der Waals surface area (Å²) in [6, 6.07) is 18.6. The summed E-state index contributed by atoms with van der Waals surface area (Å²) >= 11 is 0. The SMILES string of the molecule is CS(=O)(=O)c1ccc(-n2nc(C(N)=O)c3c2-c2cc(NC(=O)c4ccccc4N)ccc2CC3)cc1. The summed E-state index contributed by atoms with van der Waals surface area (Å²) in [5, 5.41) is 7.38. The van der Waals surface area contributed by atoms with E-state index in [0.29, 0.717) is 46.7 Å². The van der Waals surface area contributed by atoms with E-state index in [0.717, 1.165) is 17.4 Å². The Labute approximate surface area is 207 Å². The third kappa shape index (κ3) is 4.11. The second-order valence-corrected chi connectivity index (χ2v) is 10.6. The van der Waals surface area contributed by atoms with Crippen LogP contribution in [0.15, 0.2) is 71.6 Å². The van der Waals surface area contributed by atoms with E-state index in [4.69, 9.17) is 11.5 Å². The number of nitrogen functional groups attached to an aromatic ring is 1. The van der Waals surface area contributed by atoms with Gasteiger partial charge in [0.2, 0.25) is 0 Å². The van der Waals surface area contributed by atoms with Crippen LogP contribution in [0.2, 0.25) is 0 Å². The molecule has 1 heterocycles. The van der Waals surface area contributed by atoms with Gasteiger partial charge in [0, 0.05) is 28.8 Å². The number of sulfone groups is 1. The first kappa shape index (κ1) is 23.3. The van der Waals surface area contributed by atoms with Crippen LogP contribution in [0.25, 0.3) is 16.9 Å². The second kappa shape index (κ2) is 8.65. The molecule has 10 heteroatoms. The number of fused-ring (bicyclic) bond motifs is 3. The first-order chi connectivity index (χ1) is 17.1. The predicted octanol–water partition coefficient (Wildman–Crippen LogP) is 2.97. The monoisotopic (exact) mass is 501 g/mol. The molecule has 0 aliphatic heterocycles. The number of carbonyl (C=O) groups is 2. The number of benzene rings is 3. The highest BCUT2D eigenvalue weighted by molar-refractivity contribution is 7.90. The molecule has 1 aliphatic carbocycles. The van der Waals surface area contributed by atoms with E-state index >= 15 is 0 Å². The first-order valence-corrected chi connectivity index (χ1v) is 13.0. The zero-order valence-corrected chi connectivity index (χ0v) is 20.2. The minimum Gasteiger partial charge on any atom is -0.398 e. The lowest BCUT2D eigenvalue weighted by Crippen LogP contribution is -2.16.